The fraction of sp³-hybridized carbons (Fsp3) is 0.333. The van der Waals surface area contributed by atoms with Crippen LogP contribution in [0.5, 0.6) is 5.75 Å². The summed E-state index contributed by atoms with van der Waals surface area (Å²) in [5, 5.41) is 0. The molecule has 0 saturated carbocycles. The molecule has 0 aromatic heterocycles. The van der Waals surface area contributed by atoms with Crippen LogP contribution in [0.3, 0.4) is 0 Å². The van der Waals surface area contributed by atoms with Gasteiger partial charge in [0.05, 0.1) is 0 Å². The molecular weight excluding hydrogens is 196 g/mol. The first-order valence-corrected chi connectivity index (χ1v) is 5.86. The molecule has 16 heavy (non-hydrogen) atoms. The molecule has 0 saturated heterocycles. The van der Waals surface area contributed by atoms with Crippen LogP contribution in [0.4, 0.5) is 0 Å². The lowest BCUT2D eigenvalue weighted by Crippen LogP contribution is -2.31. The Morgan fingerprint density at radius 3 is 2.69 bits per heavy atom. The van der Waals surface area contributed by atoms with Crippen molar-refractivity contribution in [3.63, 3.8) is 0 Å². The maximum Gasteiger partial charge on any atom is 0.124 e. The Morgan fingerprint density at radius 2 is 1.81 bits per heavy atom. The molecule has 0 spiro atoms. The second-order valence-electron chi connectivity index (χ2n) is 4.76. The van der Waals surface area contributed by atoms with E-state index in [1.54, 1.807) is 0 Å². The maximum absolute atomic E-state index is 6.03. The molecular formula is C15H16O. The normalized spacial score (nSPS) is 25.9. The highest BCUT2D eigenvalue weighted by atomic mass is 16.5. The summed E-state index contributed by atoms with van der Waals surface area (Å²) in [5.41, 5.74) is 4.02. The Balaban J connectivity index is 2.02. The zero-order valence-electron chi connectivity index (χ0n) is 9.73. The van der Waals surface area contributed by atoms with Crippen molar-refractivity contribution in [2.75, 3.05) is 0 Å². The van der Waals surface area contributed by atoms with Gasteiger partial charge in [0.1, 0.15) is 11.9 Å². The number of benzene rings is 1. The molecule has 1 heterocycles. The third kappa shape index (κ3) is 1.47. The van der Waals surface area contributed by atoms with E-state index in [9.17, 15) is 0 Å². The summed E-state index contributed by atoms with van der Waals surface area (Å²) >= 11 is 0. The van der Waals surface area contributed by atoms with Crippen molar-refractivity contribution >= 4 is 0 Å². The number of hydrogen-bond acceptors (Lipinski definition) is 1. The van der Waals surface area contributed by atoms with Crippen LogP contribution >= 0.6 is 0 Å². The van der Waals surface area contributed by atoms with E-state index in [2.05, 4.69) is 50.3 Å². The van der Waals surface area contributed by atoms with Crippen molar-refractivity contribution in [2.24, 2.45) is 5.92 Å². The number of allylic oxidation sites excluding steroid dienone is 2. The summed E-state index contributed by atoms with van der Waals surface area (Å²) in [6, 6.07) is 4.44. The molecule has 1 aromatic rings. The zero-order valence-corrected chi connectivity index (χ0v) is 9.73. The molecule has 3 rings (SSSR count). The molecule has 0 amide bonds. The fourth-order valence-corrected chi connectivity index (χ4v) is 2.46. The van der Waals surface area contributed by atoms with Crippen LogP contribution in [-0.4, -0.2) is 6.10 Å². The van der Waals surface area contributed by atoms with Gasteiger partial charge in [0.2, 0.25) is 0 Å². The maximum atomic E-state index is 6.03. The molecule has 1 aliphatic carbocycles. The van der Waals surface area contributed by atoms with Gasteiger partial charge in [-0.2, -0.15) is 0 Å². The average Bonchev–Trinajstić information content (AvgIpc) is 2.28. The third-order valence-corrected chi connectivity index (χ3v) is 3.59. The van der Waals surface area contributed by atoms with E-state index in [0.717, 1.165) is 12.2 Å². The average molecular weight is 212 g/mol. The summed E-state index contributed by atoms with van der Waals surface area (Å²) in [4.78, 5) is 0. The monoisotopic (exact) mass is 212 g/mol. The van der Waals surface area contributed by atoms with Crippen LogP contribution in [0, 0.1) is 19.8 Å². The molecule has 1 heteroatoms. The van der Waals surface area contributed by atoms with Crippen LogP contribution in [0.1, 0.15) is 16.7 Å². The first-order valence-electron chi connectivity index (χ1n) is 5.86. The first kappa shape index (κ1) is 9.71. The van der Waals surface area contributed by atoms with Crippen molar-refractivity contribution < 1.29 is 4.74 Å². The predicted molar refractivity (Wildman–Crippen MR) is 65.8 cm³/mol. The standard InChI is InChI=1S/C15H16O/c1-10-7-13-9-12-5-3-4-6-14(12)16-15(13)8-11(10)2/h3-8,12,14H,9H2,1-2H3. The molecule has 1 aromatic carbocycles. The SMILES string of the molecule is Cc1cc2c(cc1C)OC1C=CC=CC1C2. The summed E-state index contributed by atoms with van der Waals surface area (Å²) in [6.07, 6.45) is 9.94. The number of fused-ring (bicyclic) bond motifs is 2. The van der Waals surface area contributed by atoms with Crippen LogP contribution in [0.2, 0.25) is 0 Å². The molecule has 1 nitrogen and oxygen atoms in total. The highest BCUT2D eigenvalue weighted by Crippen LogP contribution is 2.35. The smallest absolute Gasteiger partial charge is 0.124 e. The summed E-state index contributed by atoms with van der Waals surface area (Å²) in [5.74, 6) is 1.59. The van der Waals surface area contributed by atoms with Gasteiger partial charge >= 0.3 is 0 Å². The second-order valence-corrected chi connectivity index (χ2v) is 4.76. The van der Waals surface area contributed by atoms with Gasteiger partial charge in [-0.3, -0.25) is 0 Å². The van der Waals surface area contributed by atoms with Crippen molar-refractivity contribution in [1.29, 1.82) is 0 Å². The van der Waals surface area contributed by atoms with E-state index in [4.69, 9.17) is 4.74 Å². The van der Waals surface area contributed by atoms with Gasteiger partial charge in [0.15, 0.2) is 0 Å². The van der Waals surface area contributed by atoms with Crippen molar-refractivity contribution in [3.8, 4) is 5.75 Å². The molecule has 2 unspecified atom stereocenters. The van der Waals surface area contributed by atoms with Gasteiger partial charge in [-0.15, -0.1) is 0 Å². The molecule has 0 N–H and O–H groups in total. The lowest BCUT2D eigenvalue weighted by atomic mass is 9.87. The number of ether oxygens (including phenoxy) is 1. The van der Waals surface area contributed by atoms with E-state index < -0.39 is 0 Å². The van der Waals surface area contributed by atoms with Crippen LogP contribution in [0.25, 0.3) is 0 Å². The Morgan fingerprint density at radius 1 is 1.06 bits per heavy atom. The van der Waals surface area contributed by atoms with Crippen LogP contribution < -0.4 is 4.74 Å². The minimum atomic E-state index is 0.236. The van der Waals surface area contributed by atoms with Crippen molar-refractivity contribution in [2.45, 2.75) is 26.4 Å². The summed E-state index contributed by atoms with van der Waals surface area (Å²) < 4.78 is 6.03. The van der Waals surface area contributed by atoms with Gasteiger partial charge in [-0.05, 0) is 49.1 Å². The van der Waals surface area contributed by atoms with E-state index in [1.807, 2.05) is 0 Å². The fourth-order valence-electron chi connectivity index (χ4n) is 2.46. The number of rotatable bonds is 0. The highest BCUT2D eigenvalue weighted by molar-refractivity contribution is 5.44. The molecule has 1 aliphatic heterocycles. The van der Waals surface area contributed by atoms with E-state index in [0.29, 0.717) is 5.92 Å². The van der Waals surface area contributed by atoms with Gasteiger partial charge < -0.3 is 4.74 Å². The topological polar surface area (TPSA) is 9.23 Å². The van der Waals surface area contributed by atoms with Crippen molar-refractivity contribution in [1.82, 2.24) is 0 Å². The zero-order chi connectivity index (χ0) is 11.1. The Bertz CT molecular complexity index is 437. The van der Waals surface area contributed by atoms with Crippen molar-refractivity contribution in [3.05, 3.63) is 53.1 Å². The summed E-state index contributed by atoms with van der Waals surface area (Å²) in [7, 11) is 0. The van der Waals surface area contributed by atoms with E-state index in [-0.39, 0.29) is 6.10 Å². The Hall–Kier alpha value is -1.50. The Kier molecular flexibility index (Phi) is 2.13. The molecule has 0 radical (unpaired) electrons. The van der Waals surface area contributed by atoms with Crippen LogP contribution in [0.15, 0.2) is 36.4 Å². The van der Waals surface area contributed by atoms with Gasteiger partial charge in [0.25, 0.3) is 0 Å². The molecule has 82 valence electrons. The largest absolute Gasteiger partial charge is 0.485 e. The van der Waals surface area contributed by atoms with Gasteiger partial charge in [-0.1, -0.05) is 24.3 Å². The number of hydrogen-bond donors (Lipinski definition) is 0. The Labute approximate surface area is 96.4 Å². The lowest BCUT2D eigenvalue weighted by molar-refractivity contribution is 0.178. The minimum Gasteiger partial charge on any atom is -0.485 e. The molecule has 0 bridgehead atoms. The lowest BCUT2D eigenvalue weighted by Gasteiger charge is -2.32. The second kappa shape index (κ2) is 3.51. The minimum absolute atomic E-state index is 0.236. The van der Waals surface area contributed by atoms with Gasteiger partial charge in [0, 0.05) is 5.92 Å². The van der Waals surface area contributed by atoms with Gasteiger partial charge in [-0.25, -0.2) is 0 Å². The highest BCUT2D eigenvalue weighted by Gasteiger charge is 2.27. The first-order chi connectivity index (χ1) is 7.74. The molecule has 2 aliphatic rings. The quantitative estimate of drug-likeness (QED) is 0.641. The summed E-state index contributed by atoms with van der Waals surface area (Å²) in [6.45, 7) is 4.31. The van der Waals surface area contributed by atoms with E-state index in [1.165, 1.54) is 16.7 Å². The molecule has 2 atom stereocenters. The van der Waals surface area contributed by atoms with Crippen LogP contribution in [-0.2, 0) is 6.42 Å². The third-order valence-electron chi connectivity index (χ3n) is 3.59. The molecule has 0 fully saturated rings. The predicted octanol–water partition coefficient (Wildman–Crippen LogP) is 3.35. The van der Waals surface area contributed by atoms with E-state index >= 15 is 0 Å². The number of aryl methyl sites for hydroxylation is 2.